The molecule has 0 fully saturated rings. The van der Waals surface area contributed by atoms with Crippen LogP contribution in [-0.2, 0) is 13.0 Å². The molecule has 19 heavy (non-hydrogen) atoms. The largest absolute Gasteiger partial charge is 0.384 e. The number of aromatic nitrogens is 1. The topological polar surface area (TPSA) is 34.0 Å². The Kier molecular flexibility index (Phi) is 3.42. The van der Waals surface area contributed by atoms with Gasteiger partial charge in [-0.1, -0.05) is 30.7 Å². The van der Waals surface area contributed by atoms with Crippen LogP contribution < -0.4 is 10.2 Å². The van der Waals surface area contributed by atoms with Gasteiger partial charge in [0.1, 0.15) is 0 Å². The highest BCUT2D eigenvalue weighted by atomic mass is 32.1. The Bertz CT molecular complexity index is 642. The average Bonchev–Trinajstić information content (AvgIpc) is 3.02. The second kappa shape index (κ2) is 5.21. The van der Waals surface area contributed by atoms with Gasteiger partial charge in [0.15, 0.2) is 0 Å². The maximum atomic E-state index is 11.9. The van der Waals surface area contributed by atoms with Crippen LogP contribution in [0.2, 0.25) is 0 Å². The van der Waals surface area contributed by atoms with Gasteiger partial charge in [-0.15, -0.1) is 0 Å². The minimum Gasteiger partial charge on any atom is -0.384 e. The fraction of sp³-hybridized carbons (Fsp3) is 0.400. The first kappa shape index (κ1) is 12.5. The summed E-state index contributed by atoms with van der Waals surface area (Å²) in [6.45, 7) is 3.99. The van der Waals surface area contributed by atoms with E-state index in [1.54, 1.807) is 0 Å². The van der Waals surface area contributed by atoms with E-state index in [9.17, 15) is 4.79 Å². The monoisotopic (exact) mass is 274 g/mol. The summed E-state index contributed by atoms with van der Waals surface area (Å²) in [6, 6.07) is 6.46. The molecule has 1 N–H and O–H groups in total. The first-order valence-corrected chi connectivity index (χ1v) is 7.73. The van der Waals surface area contributed by atoms with Crippen LogP contribution in [0.4, 0.5) is 5.69 Å². The molecule has 0 radical (unpaired) electrons. The van der Waals surface area contributed by atoms with Crippen molar-refractivity contribution in [1.82, 2.24) is 4.57 Å². The quantitative estimate of drug-likeness (QED) is 0.927. The van der Waals surface area contributed by atoms with Crippen LogP contribution in [0.1, 0.15) is 25.3 Å². The third-order valence-corrected chi connectivity index (χ3v) is 4.39. The van der Waals surface area contributed by atoms with Gasteiger partial charge in [-0.2, -0.15) is 0 Å². The van der Waals surface area contributed by atoms with Crippen molar-refractivity contribution in [3.8, 4) is 11.3 Å². The van der Waals surface area contributed by atoms with Crippen molar-refractivity contribution < 1.29 is 0 Å². The Morgan fingerprint density at radius 2 is 2.32 bits per heavy atom. The Hall–Kier alpha value is -1.55. The maximum absolute atomic E-state index is 11.9. The lowest BCUT2D eigenvalue weighted by Gasteiger charge is -2.08. The Labute approximate surface area is 116 Å². The van der Waals surface area contributed by atoms with E-state index in [2.05, 4.69) is 30.4 Å². The van der Waals surface area contributed by atoms with Gasteiger partial charge in [-0.05, 0) is 36.1 Å². The molecule has 0 amide bonds. The minimum absolute atomic E-state index is 0.155. The molecule has 0 atom stereocenters. The van der Waals surface area contributed by atoms with Gasteiger partial charge in [0.25, 0.3) is 0 Å². The maximum Gasteiger partial charge on any atom is 0.307 e. The van der Waals surface area contributed by atoms with E-state index in [1.807, 2.05) is 9.95 Å². The van der Waals surface area contributed by atoms with E-state index in [4.69, 9.17) is 0 Å². The molecule has 3 nitrogen and oxygen atoms in total. The molecule has 1 aromatic carbocycles. The summed E-state index contributed by atoms with van der Waals surface area (Å²) >= 11 is 1.30. The Morgan fingerprint density at radius 3 is 3.16 bits per heavy atom. The molecule has 4 heteroatoms. The smallest absolute Gasteiger partial charge is 0.307 e. The zero-order valence-electron chi connectivity index (χ0n) is 11.1. The standard InChI is InChI=1S/C15H18N2OS/c1-2-3-8-17-14(10-19-15(17)18)12-4-5-13-11(9-12)6-7-16-13/h4-5,9-10,16H,2-3,6-8H2,1H3. The summed E-state index contributed by atoms with van der Waals surface area (Å²) in [4.78, 5) is 12.1. The molecule has 0 unspecified atom stereocenters. The van der Waals surface area contributed by atoms with Crippen molar-refractivity contribution in [2.24, 2.45) is 0 Å². The number of rotatable bonds is 4. The number of benzene rings is 1. The van der Waals surface area contributed by atoms with Gasteiger partial charge in [0.2, 0.25) is 0 Å². The number of hydrogen-bond acceptors (Lipinski definition) is 3. The lowest BCUT2D eigenvalue weighted by molar-refractivity contribution is 0.629. The third-order valence-electron chi connectivity index (χ3n) is 3.63. The molecule has 3 rings (SSSR count). The molecule has 0 aliphatic carbocycles. The molecule has 1 aliphatic heterocycles. The fourth-order valence-corrected chi connectivity index (χ4v) is 3.34. The van der Waals surface area contributed by atoms with E-state index in [-0.39, 0.29) is 4.87 Å². The molecular weight excluding hydrogens is 256 g/mol. The predicted molar refractivity (Wildman–Crippen MR) is 81.1 cm³/mol. The third kappa shape index (κ3) is 2.32. The van der Waals surface area contributed by atoms with Crippen LogP contribution in [0, 0.1) is 0 Å². The first-order chi connectivity index (χ1) is 9.29. The SMILES string of the molecule is CCCCn1c(-c2ccc3c(c2)CCN3)csc1=O. The lowest BCUT2D eigenvalue weighted by atomic mass is 10.1. The van der Waals surface area contributed by atoms with E-state index < -0.39 is 0 Å². The Morgan fingerprint density at radius 1 is 1.42 bits per heavy atom. The molecule has 0 spiro atoms. The van der Waals surface area contributed by atoms with Gasteiger partial charge in [-0.3, -0.25) is 9.36 Å². The van der Waals surface area contributed by atoms with Crippen molar-refractivity contribution in [3.63, 3.8) is 0 Å². The summed E-state index contributed by atoms with van der Waals surface area (Å²) in [5.41, 5.74) is 4.83. The van der Waals surface area contributed by atoms with E-state index >= 15 is 0 Å². The lowest BCUT2D eigenvalue weighted by Crippen LogP contribution is -2.14. The molecule has 0 bridgehead atoms. The molecule has 1 aliphatic rings. The fourth-order valence-electron chi connectivity index (χ4n) is 2.55. The number of nitrogens with zero attached hydrogens (tertiary/aromatic N) is 1. The molecule has 2 aromatic rings. The van der Waals surface area contributed by atoms with Crippen LogP contribution >= 0.6 is 11.3 Å². The van der Waals surface area contributed by atoms with Crippen LogP contribution in [-0.4, -0.2) is 11.1 Å². The Balaban J connectivity index is 2.00. The molecular formula is C15H18N2OS. The number of hydrogen-bond donors (Lipinski definition) is 1. The van der Waals surface area contributed by atoms with Crippen LogP contribution in [0.5, 0.6) is 0 Å². The summed E-state index contributed by atoms with van der Waals surface area (Å²) in [5, 5.41) is 5.36. The van der Waals surface area contributed by atoms with Crippen LogP contribution in [0.25, 0.3) is 11.3 Å². The zero-order chi connectivity index (χ0) is 13.2. The number of anilines is 1. The van der Waals surface area contributed by atoms with Crippen molar-refractivity contribution >= 4 is 17.0 Å². The molecule has 100 valence electrons. The second-order valence-electron chi connectivity index (χ2n) is 4.94. The number of unbranched alkanes of at least 4 members (excludes halogenated alkanes) is 1. The van der Waals surface area contributed by atoms with Gasteiger partial charge in [0.05, 0.1) is 5.69 Å². The van der Waals surface area contributed by atoms with Crippen molar-refractivity contribution in [2.45, 2.75) is 32.7 Å². The highest BCUT2D eigenvalue weighted by Crippen LogP contribution is 2.28. The van der Waals surface area contributed by atoms with Crippen LogP contribution in [0.3, 0.4) is 0 Å². The zero-order valence-corrected chi connectivity index (χ0v) is 11.9. The first-order valence-electron chi connectivity index (χ1n) is 6.85. The average molecular weight is 274 g/mol. The summed E-state index contributed by atoms with van der Waals surface area (Å²) < 4.78 is 1.91. The molecule has 1 aromatic heterocycles. The number of fused-ring (bicyclic) bond motifs is 1. The van der Waals surface area contributed by atoms with Crippen molar-refractivity contribution in [1.29, 1.82) is 0 Å². The van der Waals surface area contributed by atoms with E-state index in [0.717, 1.165) is 43.6 Å². The minimum atomic E-state index is 0.155. The van der Waals surface area contributed by atoms with E-state index in [1.165, 1.54) is 22.6 Å². The summed E-state index contributed by atoms with van der Waals surface area (Å²) in [7, 11) is 0. The molecule has 0 saturated heterocycles. The number of thiazole rings is 1. The molecule has 0 saturated carbocycles. The highest BCUT2D eigenvalue weighted by molar-refractivity contribution is 7.07. The molecule has 2 heterocycles. The van der Waals surface area contributed by atoms with Crippen molar-refractivity contribution in [2.75, 3.05) is 11.9 Å². The number of nitrogens with one attached hydrogen (secondary N) is 1. The summed E-state index contributed by atoms with van der Waals surface area (Å²) in [6.07, 6.45) is 3.23. The van der Waals surface area contributed by atoms with Gasteiger partial charge < -0.3 is 5.32 Å². The van der Waals surface area contributed by atoms with Gasteiger partial charge >= 0.3 is 4.87 Å². The van der Waals surface area contributed by atoms with E-state index in [0.29, 0.717) is 0 Å². The predicted octanol–water partition coefficient (Wildman–Crippen LogP) is 3.34. The normalized spacial score (nSPS) is 13.3. The van der Waals surface area contributed by atoms with Crippen molar-refractivity contribution in [3.05, 3.63) is 38.8 Å². The van der Waals surface area contributed by atoms with Gasteiger partial charge in [-0.25, -0.2) is 0 Å². The van der Waals surface area contributed by atoms with Gasteiger partial charge in [0, 0.05) is 24.2 Å². The highest BCUT2D eigenvalue weighted by Gasteiger charge is 2.13. The van der Waals surface area contributed by atoms with Crippen LogP contribution in [0.15, 0.2) is 28.4 Å². The second-order valence-corrected chi connectivity index (χ2v) is 5.76. The summed E-state index contributed by atoms with van der Waals surface area (Å²) in [5.74, 6) is 0.